The number of rotatable bonds is 6. The number of aryl methyl sites for hydroxylation is 1. The van der Waals surface area contributed by atoms with Gasteiger partial charge < -0.3 is 14.7 Å². The van der Waals surface area contributed by atoms with E-state index in [0.29, 0.717) is 42.4 Å². The van der Waals surface area contributed by atoms with E-state index in [2.05, 4.69) is 10.5 Å². The summed E-state index contributed by atoms with van der Waals surface area (Å²) >= 11 is 5.89. The van der Waals surface area contributed by atoms with Gasteiger partial charge in [-0.25, -0.2) is 8.51 Å². The lowest BCUT2D eigenvalue weighted by Gasteiger charge is -2.35. The highest BCUT2D eigenvalue weighted by Gasteiger charge is 2.32. The zero-order chi connectivity index (χ0) is 26.9. The van der Waals surface area contributed by atoms with Crippen LogP contribution in [-0.4, -0.2) is 50.7 Å². The van der Waals surface area contributed by atoms with Gasteiger partial charge in [-0.2, -0.15) is 13.2 Å². The summed E-state index contributed by atoms with van der Waals surface area (Å²) in [5, 5.41) is 17.0. The molecule has 2 aromatic carbocycles. The van der Waals surface area contributed by atoms with E-state index in [-0.39, 0.29) is 10.8 Å². The molecule has 1 atom stereocenters. The number of nitrogens with zero attached hydrogens (tertiary/aromatic N) is 4. The third kappa shape index (κ3) is 5.92. The van der Waals surface area contributed by atoms with Gasteiger partial charge in [-0.1, -0.05) is 16.8 Å². The second-order valence-corrected chi connectivity index (χ2v) is 9.96. The molecule has 1 aliphatic heterocycles. The largest absolute Gasteiger partial charge is 0.416 e. The van der Waals surface area contributed by atoms with Crippen molar-refractivity contribution in [3.8, 4) is 0 Å². The maximum atomic E-state index is 13.1. The van der Waals surface area contributed by atoms with E-state index in [9.17, 15) is 32.3 Å². The Kier molecular flexibility index (Phi) is 7.52. The van der Waals surface area contributed by atoms with Crippen LogP contribution in [0.25, 0.3) is 0 Å². The van der Waals surface area contributed by atoms with Crippen LogP contribution in [0.4, 0.5) is 30.2 Å². The highest BCUT2D eigenvalue weighted by Crippen LogP contribution is 2.34. The normalized spacial score (nSPS) is 15.4. The number of halogens is 4. The van der Waals surface area contributed by atoms with Crippen molar-refractivity contribution in [3.63, 3.8) is 0 Å². The summed E-state index contributed by atoms with van der Waals surface area (Å²) in [6.45, 7) is 2.66. The lowest BCUT2D eigenvalue weighted by molar-refractivity contribution is -0.386. The van der Waals surface area contributed by atoms with Crippen molar-refractivity contribution in [2.45, 2.75) is 18.0 Å². The predicted octanol–water partition coefficient (Wildman–Crippen LogP) is 4.66. The van der Waals surface area contributed by atoms with Gasteiger partial charge in [0, 0.05) is 49.5 Å². The quantitative estimate of drug-likeness (QED) is 0.345. The first-order chi connectivity index (χ1) is 17.4. The number of hydrogen-bond donors (Lipinski definition) is 1. The molecule has 1 aromatic heterocycles. The van der Waals surface area contributed by atoms with Gasteiger partial charge >= 0.3 is 11.9 Å². The van der Waals surface area contributed by atoms with Crippen LogP contribution in [0, 0.1) is 17.0 Å². The standard InChI is InChI=1S/C22H19ClF3N5O5S/c1-13-20(31(33)34)19(28-36-13)21(32)27-16-2-4-18(5-3-16)37(35)30-8-6-29(7-9-30)17-11-14(22(24,25)26)10-15(23)12-17/h2-5,10-12H,6-9H2,1H3,(H,27,32). The minimum atomic E-state index is -4.52. The molecular weight excluding hydrogens is 539 g/mol. The highest BCUT2D eigenvalue weighted by molar-refractivity contribution is 7.82. The summed E-state index contributed by atoms with van der Waals surface area (Å²) in [7, 11) is -1.56. The molecule has 0 saturated carbocycles. The first-order valence-electron chi connectivity index (χ1n) is 10.8. The van der Waals surface area contributed by atoms with Crippen LogP contribution >= 0.6 is 11.6 Å². The van der Waals surface area contributed by atoms with Gasteiger partial charge in [0.1, 0.15) is 11.0 Å². The fraction of sp³-hybridized carbons (Fsp3) is 0.273. The van der Waals surface area contributed by atoms with E-state index in [1.165, 1.54) is 37.3 Å². The van der Waals surface area contributed by atoms with E-state index in [1.54, 1.807) is 9.21 Å². The molecule has 15 heteroatoms. The number of piperazine rings is 1. The van der Waals surface area contributed by atoms with Gasteiger partial charge in [-0.05, 0) is 42.5 Å². The third-order valence-electron chi connectivity index (χ3n) is 5.59. The topological polar surface area (TPSA) is 122 Å². The molecule has 1 amide bonds. The average Bonchev–Trinajstić information content (AvgIpc) is 3.25. The second-order valence-electron chi connectivity index (χ2n) is 8.03. The van der Waals surface area contributed by atoms with Crippen molar-refractivity contribution in [1.29, 1.82) is 0 Å². The fourth-order valence-electron chi connectivity index (χ4n) is 3.76. The molecular formula is C22H19ClF3N5O5S. The van der Waals surface area contributed by atoms with E-state index in [0.717, 1.165) is 12.1 Å². The number of hydrogen-bond acceptors (Lipinski definition) is 7. The Bertz CT molecular complexity index is 1360. The fourth-order valence-corrected chi connectivity index (χ4v) is 5.15. The average molecular weight is 558 g/mol. The van der Waals surface area contributed by atoms with Crippen molar-refractivity contribution in [1.82, 2.24) is 9.46 Å². The van der Waals surface area contributed by atoms with Gasteiger partial charge in [-0.3, -0.25) is 14.9 Å². The molecule has 1 saturated heterocycles. The zero-order valence-electron chi connectivity index (χ0n) is 19.1. The first-order valence-corrected chi connectivity index (χ1v) is 12.2. The van der Waals surface area contributed by atoms with Crippen molar-refractivity contribution in [2.75, 3.05) is 36.4 Å². The first kappa shape index (κ1) is 26.6. The molecule has 1 aliphatic rings. The molecule has 0 spiro atoms. The Morgan fingerprint density at radius 1 is 1.16 bits per heavy atom. The van der Waals surface area contributed by atoms with E-state index in [1.807, 2.05) is 0 Å². The Morgan fingerprint density at radius 2 is 1.81 bits per heavy atom. The molecule has 0 bridgehead atoms. The number of carbonyl (C=O) groups excluding carboxylic acids is 1. The van der Waals surface area contributed by atoms with Crippen LogP contribution in [0.1, 0.15) is 21.8 Å². The molecule has 2 heterocycles. The number of carbonyl (C=O) groups is 1. The molecule has 0 aliphatic carbocycles. The highest BCUT2D eigenvalue weighted by atomic mass is 35.5. The van der Waals surface area contributed by atoms with Crippen LogP contribution in [-0.2, 0) is 17.2 Å². The summed E-state index contributed by atoms with van der Waals surface area (Å²) < 4.78 is 58.8. The van der Waals surface area contributed by atoms with E-state index in [4.69, 9.17) is 16.1 Å². The molecule has 4 rings (SSSR count). The number of anilines is 2. The van der Waals surface area contributed by atoms with Gasteiger partial charge in [0.05, 0.1) is 15.4 Å². The second kappa shape index (κ2) is 10.5. The molecule has 3 aromatic rings. The smallest absolute Gasteiger partial charge is 0.369 e. The summed E-state index contributed by atoms with van der Waals surface area (Å²) in [6.07, 6.45) is -4.52. The lowest BCUT2D eigenvalue weighted by Crippen LogP contribution is -2.47. The van der Waals surface area contributed by atoms with Gasteiger partial charge in [0.25, 0.3) is 5.91 Å². The van der Waals surface area contributed by atoms with Crippen molar-refractivity contribution in [3.05, 3.63) is 74.6 Å². The zero-order valence-corrected chi connectivity index (χ0v) is 20.7. The van der Waals surface area contributed by atoms with E-state index >= 15 is 0 Å². The molecule has 1 N–H and O–H groups in total. The maximum Gasteiger partial charge on any atom is 0.416 e. The van der Waals surface area contributed by atoms with Crippen molar-refractivity contribution >= 4 is 45.6 Å². The SMILES string of the molecule is Cc1onc(C(=O)Nc2ccc(S(=O)N3CCN(c4cc(Cl)cc(C(F)(F)F)c4)CC3)cc2)c1[N+](=O)[O-]. The number of nitrogens with one attached hydrogen (secondary N) is 1. The number of benzene rings is 2. The van der Waals surface area contributed by atoms with Crippen LogP contribution in [0.2, 0.25) is 5.02 Å². The van der Waals surface area contributed by atoms with Crippen molar-refractivity contribution in [2.24, 2.45) is 0 Å². The maximum absolute atomic E-state index is 13.1. The van der Waals surface area contributed by atoms with Gasteiger partial charge in [0.15, 0.2) is 0 Å². The third-order valence-corrected chi connectivity index (χ3v) is 7.32. The van der Waals surface area contributed by atoms with Gasteiger partial charge in [0.2, 0.25) is 11.5 Å². The van der Waals surface area contributed by atoms with Crippen LogP contribution in [0.5, 0.6) is 0 Å². The van der Waals surface area contributed by atoms with Crippen LogP contribution in [0.15, 0.2) is 51.9 Å². The summed E-state index contributed by atoms with van der Waals surface area (Å²) in [4.78, 5) is 25.0. The number of aromatic nitrogens is 1. The number of amides is 1. The minimum Gasteiger partial charge on any atom is -0.369 e. The van der Waals surface area contributed by atoms with Crippen LogP contribution in [0.3, 0.4) is 0 Å². The minimum absolute atomic E-state index is 0.0173. The molecule has 1 fully saturated rings. The van der Waals surface area contributed by atoms with Crippen molar-refractivity contribution < 1.29 is 31.6 Å². The summed E-state index contributed by atoms with van der Waals surface area (Å²) in [5.74, 6) is -0.930. The Morgan fingerprint density at radius 3 is 2.41 bits per heavy atom. The molecule has 1 unspecified atom stereocenters. The van der Waals surface area contributed by atoms with Crippen LogP contribution < -0.4 is 10.2 Å². The Labute approximate surface area is 215 Å². The van der Waals surface area contributed by atoms with Gasteiger partial charge in [-0.15, -0.1) is 0 Å². The lowest BCUT2D eigenvalue weighted by atomic mass is 10.1. The Balaban J connectivity index is 1.38. The predicted molar refractivity (Wildman–Crippen MR) is 129 cm³/mol. The molecule has 196 valence electrons. The number of nitro groups is 1. The molecule has 0 radical (unpaired) electrons. The van der Waals surface area contributed by atoms with E-state index < -0.39 is 44.9 Å². The monoisotopic (exact) mass is 557 g/mol. The molecule has 37 heavy (non-hydrogen) atoms. The Hall–Kier alpha value is -3.49. The summed E-state index contributed by atoms with van der Waals surface area (Å²) in [5.41, 5.74) is -1.18. The summed E-state index contributed by atoms with van der Waals surface area (Å²) in [6, 6.07) is 9.43. The number of alkyl halides is 3. The molecule has 10 nitrogen and oxygen atoms in total.